The molecular formula is C20H28N2O4S. The van der Waals surface area contributed by atoms with Crippen molar-refractivity contribution in [1.82, 2.24) is 4.72 Å². The van der Waals surface area contributed by atoms with Gasteiger partial charge in [-0.2, -0.15) is 0 Å². The van der Waals surface area contributed by atoms with Gasteiger partial charge in [0.15, 0.2) is 0 Å². The monoisotopic (exact) mass is 392 g/mol. The van der Waals surface area contributed by atoms with E-state index >= 15 is 0 Å². The van der Waals surface area contributed by atoms with Crippen LogP contribution in [0.15, 0.2) is 29.2 Å². The maximum Gasteiger partial charge on any atom is 0.269 e. The molecule has 1 aromatic carbocycles. The summed E-state index contributed by atoms with van der Waals surface area (Å²) in [5.74, 6) is 2.29. The fourth-order valence-corrected chi connectivity index (χ4v) is 7.76. The number of benzene rings is 1. The van der Waals surface area contributed by atoms with Crippen molar-refractivity contribution in [3.8, 4) is 0 Å². The molecule has 4 bridgehead atoms. The van der Waals surface area contributed by atoms with Crippen LogP contribution >= 0.6 is 0 Å². The van der Waals surface area contributed by atoms with Crippen LogP contribution in [-0.4, -0.2) is 19.4 Å². The van der Waals surface area contributed by atoms with E-state index in [-0.39, 0.29) is 22.0 Å². The summed E-state index contributed by atoms with van der Waals surface area (Å²) in [6, 6.07) is 5.14. The molecule has 0 heterocycles. The van der Waals surface area contributed by atoms with E-state index in [1.165, 1.54) is 43.5 Å². The van der Waals surface area contributed by atoms with Crippen LogP contribution in [-0.2, 0) is 10.0 Å². The summed E-state index contributed by atoms with van der Waals surface area (Å²) in [4.78, 5) is 10.4. The minimum Gasteiger partial charge on any atom is -0.258 e. The Bertz CT molecular complexity index is 784. The first-order valence-electron chi connectivity index (χ1n) is 10.1. The third-order valence-corrected chi connectivity index (χ3v) is 8.54. The topological polar surface area (TPSA) is 89.3 Å². The highest BCUT2D eigenvalue weighted by Gasteiger charge is 2.54. The van der Waals surface area contributed by atoms with Gasteiger partial charge in [0, 0.05) is 18.2 Å². The second kappa shape index (κ2) is 6.85. The zero-order valence-corrected chi connectivity index (χ0v) is 16.6. The Hall–Kier alpha value is -1.47. The Labute approximate surface area is 160 Å². The average molecular weight is 393 g/mol. The molecule has 1 aromatic rings. The van der Waals surface area contributed by atoms with E-state index < -0.39 is 14.9 Å². The smallest absolute Gasteiger partial charge is 0.258 e. The summed E-state index contributed by atoms with van der Waals surface area (Å²) < 4.78 is 29.0. The second-order valence-electron chi connectivity index (χ2n) is 8.99. The number of non-ortho nitro benzene ring substituents is 1. The molecule has 0 spiro atoms. The lowest BCUT2D eigenvalue weighted by Gasteiger charge is -2.59. The van der Waals surface area contributed by atoms with Gasteiger partial charge < -0.3 is 0 Å². The summed E-state index contributed by atoms with van der Waals surface area (Å²) in [6.07, 6.45) is 9.20. The van der Waals surface area contributed by atoms with E-state index in [1.54, 1.807) is 0 Å². The largest absolute Gasteiger partial charge is 0.269 e. The third-order valence-electron chi connectivity index (χ3n) is 7.06. The van der Waals surface area contributed by atoms with Gasteiger partial charge in [0.1, 0.15) is 0 Å². The summed E-state index contributed by atoms with van der Waals surface area (Å²) in [5.41, 5.74) is -0.00125. The van der Waals surface area contributed by atoms with E-state index in [4.69, 9.17) is 0 Å². The Morgan fingerprint density at radius 2 is 1.63 bits per heavy atom. The van der Waals surface area contributed by atoms with E-state index in [0.717, 1.165) is 49.9 Å². The molecule has 4 aliphatic rings. The maximum atomic E-state index is 13.0. The van der Waals surface area contributed by atoms with E-state index in [9.17, 15) is 18.5 Å². The molecule has 6 nitrogen and oxygen atoms in total. The van der Waals surface area contributed by atoms with E-state index in [2.05, 4.69) is 11.6 Å². The minimum absolute atomic E-state index is 0.0453. The number of rotatable bonds is 7. The van der Waals surface area contributed by atoms with Gasteiger partial charge in [0.25, 0.3) is 5.69 Å². The van der Waals surface area contributed by atoms with Crippen molar-refractivity contribution in [2.24, 2.45) is 23.2 Å². The number of nitro benzene ring substituents is 1. The van der Waals surface area contributed by atoms with E-state index in [0.29, 0.717) is 0 Å². The first-order valence-corrected chi connectivity index (χ1v) is 11.6. The number of nitro groups is 1. The van der Waals surface area contributed by atoms with Crippen LogP contribution in [0.1, 0.15) is 58.3 Å². The highest BCUT2D eigenvalue weighted by Crippen LogP contribution is 2.61. The molecule has 0 aliphatic heterocycles. The minimum atomic E-state index is -3.69. The molecule has 0 saturated heterocycles. The molecule has 0 amide bonds. The SMILES string of the molecule is CCCC(NS(=O)(=O)c1ccc([N+](=O)[O-])cc1)C12CC3CC(CC(C3)C1)C2. The summed E-state index contributed by atoms with van der Waals surface area (Å²) >= 11 is 0. The molecule has 5 rings (SSSR count). The molecule has 1 atom stereocenters. The van der Waals surface area contributed by atoms with Crippen LogP contribution in [0.4, 0.5) is 5.69 Å². The van der Waals surface area contributed by atoms with Gasteiger partial charge in [-0.1, -0.05) is 13.3 Å². The molecular weight excluding hydrogens is 364 g/mol. The summed E-state index contributed by atoms with van der Waals surface area (Å²) in [7, 11) is -3.69. The van der Waals surface area contributed by atoms with Gasteiger partial charge in [-0.15, -0.1) is 0 Å². The van der Waals surface area contributed by atoms with Gasteiger partial charge in [-0.25, -0.2) is 13.1 Å². The standard InChI is InChI=1S/C20H28N2O4S/c1-2-3-19(20-11-14-8-15(12-20)10-16(9-14)13-20)21-27(25,26)18-6-4-17(5-7-18)22(23)24/h4-7,14-16,19,21H,2-3,8-13H2,1H3. The van der Waals surface area contributed by atoms with Crippen LogP contribution in [0.2, 0.25) is 0 Å². The van der Waals surface area contributed by atoms with Gasteiger partial charge in [-0.3, -0.25) is 10.1 Å². The van der Waals surface area contributed by atoms with Gasteiger partial charge in [0.05, 0.1) is 9.82 Å². The zero-order valence-electron chi connectivity index (χ0n) is 15.8. The third kappa shape index (κ3) is 3.51. The number of sulfonamides is 1. The lowest BCUT2D eigenvalue weighted by Crippen LogP contribution is -2.56. The van der Waals surface area contributed by atoms with Crippen LogP contribution in [0.3, 0.4) is 0 Å². The lowest BCUT2D eigenvalue weighted by molar-refractivity contribution is -0.384. The fraction of sp³-hybridized carbons (Fsp3) is 0.700. The maximum absolute atomic E-state index is 13.0. The fourth-order valence-electron chi connectivity index (χ4n) is 6.39. The summed E-state index contributed by atoms with van der Waals surface area (Å²) in [5, 5.41) is 10.8. The van der Waals surface area contributed by atoms with Crippen molar-refractivity contribution < 1.29 is 13.3 Å². The highest BCUT2D eigenvalue weighted by atomic mass is 32.2. The molecule has 1 N–H and O–H groups in total. The number of nitrogens with one attached hydrogen (secondary N) is 1. The molecule has 4 saturated carbocycles. The number of hydrogen-bond acceptors (Lipinski definition) is 4. The molecule has 1 unspecified atom stereocenters. The summed E-state index contributed by atoms with van der Waals surface area (Å²) in [6.45, 7) is 2.10. The van der Waals surface area contributed by atoms with Crippen molar-refractivity contribution in [2.75, 3.05) is 0 Å². The van der Waals surface area contributed by atoms with Crippen molar-refractivity contribution in [3.05, 3.63) is 34.4 Å². The molecule has 4 fully saturated rings. The van der Waals surface area contributed by atoms with Crippen LogP contribution in [0.5, 0.6) is 0 Å². The predicted octanol–water partition coefficient (Wildman–Crippen LogP) is 4.26. The van der Waals surface area contributed by atoms with Crippen molar-refractivity contribution in [1.29, 1.82) is 0 Å². The van der Waals surface area contributed by atoms with Crippen molar-refractivity contribution in [2.45, 2.75) is 69.2 Å². The van der Waals surface area contributed by atoms with Crippen LogP contribution in [0, 0.1) is 33.3 Å². The lowest BCUT2D eigenvalue weighted by atomic mass is 9.47. The highest BCUT2D eigenvalue weighted by molar-refractivity contribution is 7.89. The van der Waals surface area contributed by atoms with Gasteiger partial charge in [0.2, 0.25) is 10.0 Å². The number of hydrogen-bond donors (Lipinski definition) is 1. The Morgan fingerprint density at radius 1 is 1.11 bits per heavy atom. The molecule has 7 heteroatoms. The first-order chi connectivity index (χ1) is 12.8. The average Bonchev–Trinajstić information content (AvgIpc) is 2.60. The number of nitrogens with zero attached hydrogens (tertiary/aromatic N) is 1. The zero-order chi connectivity index (χ0) is 19.2. The van der Waals surface area contributed by atoms with Crippen LogP contribution in [0.25, 0.3) is 0 Å². The van der Waals surface area contributed by atoms with Crippen molar-refractivity contribution in [3.63, 3.8) is 0 Å². The van der Waals surface area contributed by atoms with Crippen molar-refractivity contribution >= 4 is 15.7 Å². The van der Waals surface area contributed by atoms with E-state index in [1.807, 2.05) is 0 Å². The second-order valence-corrected chi connectivity index (χ2v) is 10.7. The Morgan fingerprint density at radius 3 is 2.07 bits per heavy atom. The Kier molecular flexibility index (Phi) is 4.79. The quantitative estimate of drug-likeness (QED) is 0.555. The predicted molar refractivity (Wildman–Crippen MR) is 103 cm³/mol. The normalized spacial score (nSPS) is 33.1. The van der Waals surface area contributed by atoms with Gasteiger partial charge >= 0.3 is 0 Å². The Balaban J connectivity index is 1.58. The molecule has 0 aromatic heterocycles. The molecule has 27 heavy (non-hydrogen) atoms. The van der Waals surface area contributed by atoms with Crippen LogP contribution < -0.4 is 4.72 Å². The molecule has 0 radical (unpaired) electrons. The molecule has 4 aliphatic carbocycles. The molecule has 148 valence electrons. The first kappa shape index (κ1) is 18.9. The van der Waals surface area contributed by atoms with Gasteiger partial charge in [-0.05, 0) is 80.2 Å².